The van der Waals surface area contributed by atoms with Gasteiger partial charge < -0.3 is 14.8 Å². The van der Waals surface area contributed by atoms with Crippen LogP contribution in [0.2, 0.25) is 5.02 Å². The number of carbonyl (C=O) groups excluding carboxylic acids is 2. The molecule has 32 heavy (non-hydrogen) atoms. The summed E-state index contributed by atoms with van der Waals surface area (Å²) in [6.45, 7) is 3.09. The summed E-state index contributed by atoms with van der Waals surface area (Å²) in [5, 5.41) is 8.39. The fourth-order valence-corrected chi connectivity index (χ4v) is 4.90. The number of fused-ring (bicyclic) bond motifs is 1. The third-order valence-electron chi connectivity index (χ3n) is 4.41. The van der Waals surface area contributed by atoms with Crippen molar-refractivity contribution in [3.8, 4) is 22.1 Å². The monoisotopic (exact) mass is 489 g/mol. The number of thiazole rings is 1. The maximum atomic E-state index is 12.4. The van der Waals surface area contributed by atoms with E-state index in [1.54, 1.807) is 29.5 Å². The molecule has 0 saturated carbocycles. The van der Waals surface area contributed by atoms with Crippen LogP contribution in [0.4, 0.5) is 5.13 Å². The van der Waals surface area contributed by atoms with E-state index in [1.165, 1.54) is 24.3 Å². The van der Waals surface area contributed by atoms with Crippen molar-refractivity contribution < 1.29 is 19.1 Å². The van der Waals surface area contributed by atoms with Crippen molar-refractivity contribution >= 4 is 57.3 Å². The zero-order chi connectivity index (χ0) is 22.5. The number of benzene rings is 1. The molecule has 0 bridgehead atoms. The Morgan fingerprint density at radius 1 is 1.25 bits per heavy atom. The first-order valence-electron chi connectivity index (χ1n) is 9.85. The van der Waals surface area contributed by atoms with Crippen molar-refractivity contribution in [1.82, 2.24) is 10.3 Å². The molecule has 0 unspecified atom stereocenters. The van der Waals surface area contributed by atoms with Gasteiger partial charge in [-0.05, 0) is 35.9 Å². The lowest BCUT2D eigenvalue weighted by atomic mass is 10.2. The maximum absolute atomic E-state index is 12.4. The molecule has 0 fully saturated rings. The molecule has 2 amide bonds. The van der Waals surface area contributed by atoms with Crippen LogP contribution in [0.25, 0.3) is 16.6 Å². The minimum atomic E-state index is -0.299. The van der Waals surface area contributed by atoms with Gasteiger partial charge in [0.25, 0.3) is 0 Å². The van der Waals surface area contributed by atoms with Crippen LogP contribution in [-0.2, 0) is 16.1 Å². The van der Waals surface area contributed by atoms with Crippen molar-refractivity contribution in [3.63, 3.8) is 0 Å². The Labute approximate surface area is 198 Å². The van der Waals surface area contributed by atoms with Crippen molar-refractivity contribution in [2.75, 3.05) is 18.5 Å². The molecular formula is C22H20ClN3O4S2. The standard InChI is InChI=1S/C22H20ClN3O4S2/c1-13(27)24-11-15-4-5-19(32-15)17-12-31-22(25-17)26-20(28)6-3-14-9-16(23)21-18(10-14)29-7-2-8-30-21/h3-6,9-10,12H,2,7-8,11H2,1H3,(H,24,27)(H,25,26,28)/b6-3+. The second kappa shape index (κ2) is 10.2. The fraction of sp³-hybridized carbons (Fsp3) is 0.227. The average molecular weight is 490 g/mol. The number of ether oxygens (including phenoxy) is 2. The summed E-state index contributed by atoms with van der Waals surface area (Å²) >= 11 is 9.19. The number of amides is 2. The van der Waals surface area contributed by atoms with Gasteiger partial charge in [0.05, 0.1) is 35.4 Å². The predicted molar refractivity (Wildman–Crippen MR) is 128 cm³/mol. The van der Waals surface area contributed by atoms with Crippen LogP contribution >= 0.6 is 34.3 Å². The lowest BCUT2D eigenvalue weighted by Crippen LogP contribution is -2.17. The predicted octanol–water partition coefficient (Wildman–Crippen LogP) is 4.97. The smallest absolute Gasteiger partial charge is 0.250 e. The number of nitrogens with zero attached hydrogens (tertiary/aromatic N) is 1. The molecule has 0 spiro atoms. The highest BCUT2D eigenvalue weighted by Crippen LogP contribution is 2.38. The first-order chi connectivity index (χ1) is 15.5. The lowest BCUT2D eigenvalue weighted by molar-refractivity contribution is -0.119. The molecule has 1 aromatic carbocycles. The summed E-state index contributed by atoms with van der Waals surface area (Å²) in [7, 11) is 0. The van der Waals surface area contributed by atoms with E-state index >= 15 is 0 Å². The largest absolute Gasteiger partial charge is 0.489 e. The molecule has 7 nitrogen and oxygen atoms in total. The van der Waals surface area contributed by atoms with E-state index < -0.39 is 0 Å². The molecule has 0 radical (unpaired) electrons. The zero-order valence-corrected chi connectivity index (χ0v) is 19.5. The van der Waals surface area contributed by atoms with E-state index in [0.29, 0.717) is 41.4 Å². The van der Waals surface area contributed by atoms with Gasteiger partial charge in [-0.3, -0.25) is 14.9 Å². The van der Waals surface area contributed by atoms with Crippen LogP contribution in [0.5, 0.6) is 11.5 Å². The molecule has 1 aliphatic heterocycles. The van der Waals surface area contributed by atoms with Gasteiger partial charge in [-0.1, -0.05) is 11.6 Å². The number of rotatable bonds is 6. The van der Waals surface area contributed by atoms with Crippen molar-refractivity contribution in [2.45, 2.75) is 19.9 Å². The number of halogens is 1. The molecule has 10 heteroatoms. The molecule has 0 atom stereocenters. The van der Waals surface area contributed by atoms with E-state index in [1.807, 2.05) is 17.5 Å². The molecule has 3 heterocycles. The SMILES string of the molecule is CC(=O)NCc1ccc(-c2csc(NC(=O)/C=C/c3cc(Cl)c4c(c3)OCCCO4)n2)s1. The Kier molecular flexibility index (Phi) is 7.09. The number of thiophene rings is 1. The van der Waals surface area contributed by atoms with Gasteiger partial charge in [0.1, 0.15) is 0 Å². The minimum Gasteiger partial charge on any atom is -0.489 e. The van der Waals surface area contributed by atoms with E-state index in [2.05, 4.69) is 15.6 Å². The number of hydrogen-bond acceptors (Lipinski definition) is 7. The van der Waals surface area contributed by atoms with E-state index in [9.17, 15) is 9.59 Å². The molecular weight excluding hydrogens is 470 g/mol. The van der Waals surface area contributed by atoms with E-state index in [4.69, 9.17) is 21.1 Å². The average Bonchev–Trinajstić information content (AvgIpc) is 3.35. The number of anilines is 1. The third kappa shape index (κ3) is 5.67. The Hall–Kier alpha value is -2.88. The molecule has 4 rings (SSSR count). The van der Waals surface area contributed by atoms with E-state index in [0.717, 1.165) is 27.4 Å². The second-order valence-electron chi connectivity index (χ2n) is 6.92. The summed E-state index contributed by atoms with van der Waals surface area (Å²) in [6, 6.07) is 7.44. The number of carbonyl (C=O) groups is 2. The fourth-order valence-electron chi connectivity index (χ4n) is 2.93. The normalized spacial score (nSPS) is 13.1. The van der Waals surface area contributed by atoms with Gasteiger partial charge >= 0.3 is 0 Å². The molecule has 2 N–H and O–H groups in total. The molecule has 0 saturated heterocycles. The van der Waals surface area contributed by atoms with Gasteiger partial charge in [0, 0.05) is 29.7 Å². The molecule has 2 aromatic heterocycles. The highest BCUT2D eigenvalue weighted by atomic mass is 35.5. The highest BCUT2D eigenvalue weighted by molar-refractivity contribution is 7.17. The quantitative estimate of drug-likeness (QED) is 0.477. The summed E-state index contributed by atoms with van der Waals surface area (Å²) in [4.78, 5) is 29.9. The highest BCUT2D eigenvalue weighted by Gasteiger charge is 2.15. The van der Waals surface area contributed by atoms with Gasteiger partial charge in [-0.15, -0.1) is 22.7 Å². The van der Waals surface area contributed by atoms with Crippen LogP contribution in [-0.4, -0.2) is 30.0 Å². The summed E-state index contributed by atoms with van der Waals surface area (Å²) < 4.78 is 11.3. The van der Waals surface area contributed by atoms with E-state index in [-0.39, 0.29) is 11.8 Å². The Morgan fingerprint density at radius 2 is 2.09 bits per heavy atom. The lowest BCUT2D eigenvalue weighted by Gasteiger charge is -2.09. The van der Waals surface area contributed by atoms with Gasteiger partial charge in [-0.25, -0.2) is 4.98 Å². The van der Waals surface area contributed by atoms with Crippen molar-refractivity contribution in [2.24, 2.45) is 0 Å². The van der Waals surface area contributed by atoms with Crippen LogP contribution in [0.15, 0.2) is 35.7 Å². The van der Waals surface area contributed by atoms with Crippen LogP contribution in [0.3, 0.4) is 0 Å². The number of nitrogens with one attached hydrogen (secondary N) is 2. The first-order valence-corrected chi connectivity index (χ1v) is 11.9. The Bertz CT molecular complexity index is 1170. The first kappa shape index (κ1) is 22.3. The topological polar surface area (TPSA) is 89.6 Å². The van der Waals surface area contributed by atoms with Gasteiger partial charge in [0.15, 0.2) is 16.6 Å². The Morgan fingerprint density at radius 3 is 2.94 bits per heavy atom. The van der Waals surface area contributed by atoms with Crippen LogP contribution < -0.4 is 20.1 Å². The molecule has 1 aliphatic rings. The van der Waals surface area contributed by atoms with Crippen molar-refractivity contribution in [3.05, 3.63) is 51.2 Å². The van der Waals surface area contributed by atoms with Crippen LogP contribution in [0.1, 0.15) is 23.8 Å². The number of hydrogen-bond donors (Lipinski definition) is 2. The Balaban J connectivity index is 1.38. The minimum absolute atomic E-state index is 0.0688. The summed E-state index contributed by atoms with van der Waals surface area (Å²) in [6.07, 6.45) is 3.88. The molecule has 166 valence electrons. The van der Waals surface area contributed by atoms with Gasteiger partial charge in [0.2, 0.25) is 11.8 Å². The zero-order valence-electron chi connectivity index (χ0n) is 17.1. The summed E-state index contributed by atoms with van der Waals surface area (Å²) in [5.74, 6) is 0.746. The second-order valence-corrected chi connectivity index (χ2v) is 9.35. The van der Waals surface area contributed by atoms with Crippen LogP contribution in [0, 0.1) is 0 Å². The third-order valence-corrected chi connectivity index (χ3v) is 6.56. The molecule has 0 aliphatic carbocycles. The summed E-state index contributed by atoms with van der Waals surface area (Å²) in [5.41, 5.74) is 1.52. The molecule has 3 aromatic rings. The van der Waals surface area contributed by atoms with Gasteiger partial charge in [-0.2, -0.15) is 0 Å². The number of aromatic nitrogens is 1. The van der Waals surface area contributed by atoms with Crippen molar-refractivity contribution in [1.29, 1.82) is 0 Å². The maximum Gasteiger partial charge on any atom is 0.250 e.